The van der Waals surface area contributed by atoms with Crippen LogP contribution in [0.5, 0.6) is 0 Å². The van der Waals surface area contributed by atoms with Gasteiger partial charge in [0.2, 0.25) is 0 Å². The quantitative estimate of drug-likeness (QED) is 0.547. The van der Waals surface area contributed by atoms with Crippen molar-refractivity contribution < 1.29 is 8.78 Å². The minimum absolute atomic E-state index is 0.0714. The molecule has 0 spiro atoms. The minimum atomic E-state index is -2.93. The zero-order chi connectivity index (χ0) is 11.6. The van der Waals surface area contributed by atoms with Gasteiger partial charge >= 0.3 is 0 Å². The number of alkyl halides is 2. The molecule has 1 atom stereocenters. The Hall–Kier alpha value is -1.08. The van der Waals surface area contributed by atoms with E-state index in [1.165, 1.54) is 27.4 Å². The molecule has 0 saturated carbocycles. The lowest BCUT2D eigenvalue weighted by molar-refractivity contribution is 0.104. The summed E-state index contributed by atoms with van der Waals surface area (Å²) in [5.74, 6) is 0. The van der Waals surface area contributed by atoms with E-state index < -0.39 is 5.66 Å². The number of rotatable bonds is 3. The van der Waals surface area contributed by atoms with E-state index in [9.17, 15) is 8.78 Å². The van der Waals surface area contributed by atoms with Gasteiger partial charge in [-0.3, -0.25) is 4.99 Å². The molecule has 1 nitrogen and oxygen atoms in total. The first-order chi connectivity index (χ1) is 6.86. The molecule has 0 saturated heterocycles. The Bertz CT molecular complexity index is 408. The zero-order valence-electron chi connectivity index (χ0n) is 8.43. The van der Waals surface area contributed by atoms with Crippen LogP contribution in [0.25, 0.3) is 5.57 Å². The largest absolute Gasteiger partial charge is 0.283 e. The smallest absolute Gasteiger partial charge is 0.264 e. The molecule has 1 aromatic carbocycles. The molecular formula is C11H12F2NP. The maximum absolute atomic E-state index is 13.0. The second kappa shape index (κ2) is 4.19. The molecule has 4 heteroatoms. The summed E-state index contributed by atoms with van der Waals surface area (Å²) in [6.07, 6.45) is 0. The number of nitrogens with zero attached hydrogens (tertiary/aromatic N) is 1. The van der Waals surface area contributed by atoms with Crippen molar-refractivity contribution in [1.82, 2.24) is 0 Å². The number of aliphatic imine (C=N–C) groups is 1. The van der Waals surface area contributed by atoms with Crippen molar-refractivity contribution in [2.75, 3.05) is 0 Å². The van der Waals surface area contributed by atoms with Gasteiger partial charge in [-0.25, -0.2) is 0 Å². The fourth-order valence-electron chi connectivity index (χ4n) is 1.22. The van der Waals surface area contributed by atoms with E-state index in [0.717, 1.165) is 0 Å². The van der Waals surface area contributed by atoms with Gasteiger partial charge in [-0.15, -0.1) is 0 Å². The first-order valence-electron chi connectivity index (χ1n) is 4.30. The molecule has 1 unspecified atom stereocenters. The molecule has 0 heterocycles. The molecule has 0 aliphatic carbocycles. The SMILES string of the molecule is C=Nc1ccc(C(F)(F)P)cc1C(=C)C. The molecule has 0 aromatic heterocycles. The van der Waals surface area contributed by atoms with Crippen LogP contribution in [0.1, 0.15) is 18.1 Å². The molecular weight excluding hydrogens is 215 g/mol. The third kappa shape index (κ3) is 2.69. The number of hydrogen-bond acceptors (Lipinski definition) is 1. The van der Waals surface area contributed by atoms with E-state index in [1.54, 1.807) is 6.92 Å². The Labute approximate surface area is 90.1 Å². The van der Waals surface area contributed by atoms with Crippen molar-refractivity contribution >= 4 is 27.2 Å². The molecule has 15 heavy (non-hydrogen) atoms. The molecule has 0 amide bonds. The lowest BCUT2D eigenvalue weighted by Crippen LogP contribution is -2.02. The van der Waals surface area contributed by atoms with Gasteiger partial charge in [-0.1, -0.05) is 21.9 Å². The van der Waals surface area contributed by atoms with Crippen molar-refractivity contribution in [2.24, 2.45) is 4.99 Å². The number of benzene rings is 1. The van der Waals surface area contributed by atoms with Crippen LogP contribution in [0.2, 0.25) is 0 Å². The van der Waals surface area contributed by atoms with Crippen molar-refractivity contribution in [2.45, 2.75) is 12.6 Å². The van der Waals surface area contributed by atoms with Crippen molar-refractivity contribution in [1.29, 1.82) is 0 Å². The van der Waals surface area contributed by atoms with Gasteiger partial charge in [0.05, 0.1) is 5.69 Å². The summed E-state index contributed by atoms with van der Waals surface area (Å²) in [5.41, 5.74) is -1.14. The molecule has 1 aromatic rings. The Kier molecular flexibility index (Phi) is 3.35. The molecule has 0 fully saturated rings. The van der Waals surface area contributed by atoms with E-state index in [0.29, 0.717) is 16.8 Å². The number of halogens is 2. The maximum atomic E-state index is 13.0. The van der Waals surface area contributed by atoms with E-state index in [2.05, 4.69) is 18.3 Å². The van der Waals surface area contributed by atoms with Crippen molar-refractivity contribution in [3.8, 4) is 0 Å². The minimum Gasteiger partial charge on any atom is -0.264 e. The Morgan fingerprint density at radius 2 is 2.07 bits per heavy atom. The molecule has 0 aliphatic heterocycles. The monoisotopic (exact) mass is 227 g/mol. The normalized spacial score (nSPS) is 11.2. The molecule has 80 valence electrons. The predicted molar refractivity (Wildman–Crippen MR) is 64.0 cm³/mol. The van der Waals surface area contributed by atoms with E-state index in [-0.39, 0.29) is 5.56 Å². The van der Waals surface area contributed by atoms with Crippen LogP contribution >= 0.6 is 9.24 Å². The first-order valence-corrected chi connectivity index (χ1v) is 4.88. The summed E-state index contributed by atoms with van der Waals surface area (Å²) in [4.78, 5) is 3.75. The summed E-state index contributed by atoms with van der Waals surface area (Å²) >= 11 is 0. The average Bonchev–Trinajstić information content (AvgIpc) is 2.15. The van der Waals surface area contributed by atoms with Gasteiger partial charge in [0, 0.05) is 11.1 Å². The van der Waals surface area contributed by atoms with E-state index >= 15 is 0 Å². The predicted octanol–water partition coefficient (Wildman–Crippen LogP) is 3.98. The van der Waals surface area contributed by atoms with E-state index in [1.807, 2.05) is 0 Å². The highest BCUT2D eigenvalue weighted by Gasteiger charge is 2.25. The van der Waals surface area contributed by atoms with Gasteiger partial charge in [-0.05, 0) is 31.3 Å². The van der Waals surface area contributed by atoms with Crippen LogP contribution in [0.3, 0.4) is 0 Å². The van der Waals surface area contributed by atoms with Crippen molar-refractivity contribution in [3.63, 3.8) is 0 Å². The number of allylic oxidation sites excluding steroid dienone is 1. The van der Waals surface area contributed by atoms with Crippen LogP contribution in [-0.2, 0) is 5.66 Å². The Balaban J connectivity index is 3.35. The van der Waals surface area contributed by atoms with Crippen molar-refractivity contribution in [3.05, 3.63) is 35.9 Å². The maximum Gasteiger partial charge on any atom is 0.283 e. The zero-order valence-corrected chi connectivity index (χ0v) is 9.58. The Morgan fingerprint density at radius 3 is 2.47 bits per heavy atom. The van der Waals surface area contributed by atoms with E-state index in [4.69, 9.17) is 0 Å². The van der Waals surface area contributed by atoms with Gasteiger partial charge in [0.1, 0.15) is 0 Å². The molecule has 0 bridgehead atoms. The van der Waals surface area contributed by atoms with Crippen LogP contribution in [0.4, 0.5) is 14.5 Å². The fraction of sp³-hybridized carbons (Fsp3) is 0.182. The third-order valence-corrected chi connectivity index (χ3v) is 2.34. The van der Waals surface area contributed by atoms with Crippen LogP contribution in [-0.4, -0.2) is 6.72 Å². The molecule has 0 N–H and O–H groups in total. The Morgan fingerprint density at radius 1 is 1.47 bits per heavy atom. The second-order valence-corrected chi connectivity index (χ2v) is 4.02. The fourth-order valence-corrected chi connectivity index (χ4v) is 1.40. The highest BCUT2D eigenvalue weighted by atomic mass is 31.0. The van der Waals surface area contributed by atoms with Gasteiger partial charge in [0.15, 0.2) is 0 Å². The molecule has 0 aliphatic rings. The van der Waals surface area contributed by atoms with Crippen LogP contribution < -0.4 is 0 Å². The summed E-state index contributed by atoms with van der Waals surface area (Å²) in [5, 5.41) is 0. The third-order valence-electron chi connectivity index (χ3n) is 2.01. The van der Waals surface area contributed by atoms with Gasteiger partial charge in [-0.2, -0.15) is 8.78 Å². The average molecular weight is 227 g/mol. The molecule has 0 radical (unpaired) electrons. The summed E-state index contributed by atoms with van der Waals surface area (Å²) < 4.78 is 26.0. The summed E-state index contributed by atoms with van der Waals surface area (Å²) in [7, 11) is 1.51. The standard InChI is InChI=1S/C11H12F2NP/c1-7(2)9-6-8(11(12,13)15)4-5-10(9)14-3/h4-6H,1,3,15H2,2H3. The first kappa shape index (κ1) is 12.0. The molecule has 1 rings (SSSR count). The van der Waals surface area contributed by atoms with Gasteiger partial charge in [0.25, 0.3) is 5.66 Å². The van der Waals surface area contributed by atoms with Crippen LogP contribution in [0.15, 0.2) is 29.8 Å². The van der Waals surface area contributed by atoms with Gasteiger partial charge < -0.3 is 0 Å². The topological polar surface area (TPSA) is 12.4 Å². The lowest BCUT2D eigenvalue weighted by atomic mass is 10.0. The highest BCUT2D eigenvalue weighted by molar-refractivity contribution is 7.17. The number of hydrogen-bond donors (Lipinski definition) is 0. The second-order valence-electron chi connectivity index (χ2n) is 3.29. The highest BCUT2D eigenvalue weighted by Crippen LogP contribution is 2.38. The van der Waals surface area contributed by atoms with Crippen LogP contribution in [0, 0.1) is 0 Å². The summed E-state index contributed by atoms with van der Waals surface area (Å²) in [6, 6.07) is 4.24. The summed E-state index contributed by atoms with van der Waals surface area (Å²) in [6.45, 7) is 8.84. The lowest BCUT2D eigenvalue weighted by Gasteiger charge is -2.13.